The predicted octanol–water partition coefficient (Wildman–Crippen LogP) is 5.11. The Labute approximate surface area is 189 Å². The molecule has 3 aromatic carbocycles. The number of carbonyl (C=O) groups is 2. The molecule has 33 heavy (non-hydrogen) atoms. The maximum atomic E-state index is 12.7. The highest BCUT2D eigenvalue weighted by atomic mass is 16.2. The molecular weight excluding hydrogens is 414 g/mol. The highest BCUT2D eigenvalue weighted by molar-refractivity contribution is 6.07. The van der Waals surface area contributed by atoms with Crippen molar-refractivity contribution >= 4 is 45.0 Å². The first-order chi connectivity index (χ1) is 16.1. The summed E-state index contributed by atoms with van der Waals surface area (Å²) in [6.45, 7) is 0. The van der Waals surface area contributed by atoms with Crippen LogP contribution in [-0.4, -0.2) is 26.6 Å². The summed E-state index contributed by atoms with van der Waals surface area (Å²) in [5, 5.41) is 12.3. The van der Waals surface area contributed by atoms with Crippen molar-refractivity contribution in [3.05, 3.63) is 84.7 Å². The minimum Gasteiger partial charge on any atom is -0.361 e. The number of aromatic amines is 1. The van der Waals surface area contributed by atoms with Crippen LogP contribution in [0.15, 0.2) is 79.1 Å². The van der Waals surface area contributed by atoms with Crippen molar-refractivity contribution in [2.24, 2.45) is 5.92 Å². The third kappa shape index (κ3) is 3.74. The van der Waals surface area contributed by atoms with Crippen LogP contribution in [0.4, 0.5) is 11.4 Å². The molecule has 3 N–H and O–H groups in total. The molecular formula is C26H21N5O2. The van der Waals surface area contributed by atoms with Crippen molar-refractivity contribution in [1.29, 1.82) is 0 Å². The van der Waals surface area contributed by atoms with Gasteiger partial charge in [0.25, 0.3) is 5.91 Å². The zero-order valence-corrected chi connectivity index (χ0v) is 17.7. The first kappa shape index (κ1) is 19.3. The van der Waals surface area contributed by atoms with E-state index in [-0.39, 0.29) is 17.7 Å². The largest absolute Gasteiger partial charge is 0.361 e. The van der Waals surface area contributed by atoms with E-state index in [0.717, 1.165) is 46.0 Å². The summed E-state index contributed by atoms with van der Waals surface area (Å²) in [6, 6.07) is 20.9. The van der Waals surface area contributed by atoms with E-state index in [0.29, 0.717) is 11.3 Å². The van der Waals surface area contributed by atoms with Gasteiger partial charge in [0.2, 0.25) is 5.91 Å². The van der Waals surface area contributed by atoms with Crippen LogP contribution in [0, 0.1) is 5.92 Å². The van der Waals surface area contributed by atoms with Crippen LogP contribution in [0.25, 0.3) is 27.5 Å². The Kier molecular flexibility index (Phi) is 4.47. The first-order valence-electron chi connectivity index (χ1n) is 10.9. The van der Waals surface area contributed by atoms with Gasteiger partial charge in [0, 0.05) is 45.3 Å². The second-order valence-corrected chi connectivity index (χ2v) is 8.37. The van der Waals surface area contributed by atoms with Gasteiger partial charge in [-0.1, -0.05) is 0 Å². The van der Waals surface area contributed by atoms with Gasteiger partial charge in [-0.3, -0.25) is 9.59 Å². The topological polar surface area (TPSA) is 91.8 Å². The van der Waals surface area contributed by atoms with Gasteiger partial charge in [0.15, 0.2) is 0 Å². The number of anilines is 2. The van der Waals surface area contributed by atoms with Crippen LogP contribution in [0.5, 0.6) is 0 Å². The number of aromatic nitrogens is 3. The fourth-order valence-electron chi connectivity index (χ4n) is 3.99. The molecule has 6 rings (SSSR count). The third-order valence-corrected chi connectivity index (χ3v) is 5.97. The Morgan fingerprint density at radius 2 is 1.70 bits per heavy atom. The second kappa shape index (κ2) is 7.63. The standard InChI is InChI=1S/C26H21N5O2/c32-25(16-1-2-16)29-20-4-7-22(8-5-20)31-24-10-6-21(14-19(24)15-28-31)30-26(33)18-3-9-23-17(13-18)11-12-27-23/h3-16,27H,1-2H2,(H,29,32)(H,30,33). The maximum Gasteiger partial charge on any atom is 0.255 e. The van der Waals surface area contributed by atoms with Gasteiger partial charge >= 0.3 is 0 Å². The molecule has 1 aliphatic carbocycles. The molecule has 0 aliphatic heterocycles. The summed E-state index contributed by atoms with van der Waals surface area (Å²) < 4.78 is 1.84. The molecule has 0 unspecified atom stereocenters. The van der Waals surface area contributed by atoms with Crippen molar-refractivity contribution in [3.8, 4) is 5.69 Å². The van der Waals surface area contributed by atoms with Gasteiger partial charge in [-0.05, 0) is 79.6 Å². The number of rotatable bonds is 5. The Hall–Kier alpha value is -4.39. The van der Waals surface area contributed by atoms with Crippen LogP contribution < -0.4 is 10.6 Å². The number of H-pyrrole nitrogens is 1. The number of amides is 2. The number of nitrogens with one attached hydrogen (secondary N) is 3. The minimum absolute atomic E-state index is 0.0925. The predicted molar refractivity (Wildman–Crippen MR) is 129 cm³/mol. The highest BCUT2D eigenvalue weighted by Gasteiger charge is 2.29. The van der Waals surface area contributed by atoms with Gasteiger partial charge in [0.05, 0.1) is 17.4 Å². The van der Waals surface area contributed by atoms with E-state index >= 15 is 0 Å². The quantitative estimate of drug-likeness (QED) is 0.358. The molecule has 7 nitrogen and oxygen atoms in total. The minimum atomic E-state index is -0.159. The van der Waals surface area contributed by atoms with Crippen LogP contribution in [-0.2, 0) is 4.79 Å². The maximum absolute atomic E-state index is 12.7. The molecule has 0 spiro atoms. The lowest BCUT2D eigenvalue weighted by Crippen LogP contribution is -2.13. The number of hydrogen-bond donors (Lipinski definition) is 3. The molecule has 0 bridgehead atoms. The van der Waals surface area contributed by atoms with Crippen LogP contribution in [0.1, 0.15) is 23.2 Å². The van der Waals surface area contributed by atoms with Crippen molar-refractivity contribution < 1.29 is 9.59 Å². The van der Waals surface area contributed by atoms with Crippen molar-refractivity contribution in [3.63, 3.8) is 0 Å². The van der Waals surface area contributed by atoms with E-state index in [4.69, 9.17) is 0 Å². The van der Waals surface area contributed by atoms with Gasteiger partial charge in [-0.2, -0.15) is 5.10 Å². The SMILES string of the molecule is O=C(Nc1ccc2c(cnn2-c2ccc(NC(=O)C3CC3)cc2)c1)c1ccc2[nH]ccc2c1. The number of fused-ring (bicyclic) bond motifs is 2. The second-order valence-electron chi connectivity index (χ2n) is 8.37. The van der Waals surface area contributed by atoms with E-state index in [1.165, 1.54) is 0 Å². The van der Waals surface area contributed by atoms with Gasteiger partial charge < -0.3 is 15.6 Å². The fraction of sp³-hybridized carbons (Fsp3) is 0.115. The summed E-state index contributed by atoms with van der Waals surface area (Å²) in [6.07, 6.45) is 5.59. The summed E-state index contributed by atoms with van der Waals surface area (Å²) >= 11 is 0. The molecule has 1 saturated carbocycles. The van der Waals surface area contributed by atoms with E-state index in [1.807, 2.05) is 77.6 Å². The zero-order chi connectivity index (χ0) is 22.4. The monoisotopic (exact) mass is 435 g/mol. The van der Waals surface area contributed by atoms with Crippen LogP contribution in [0.3, 0.4) is 0 Å². The number of carbonyl (C=O) groups excluding carboxylic acids is 2. The Bertz CT molecular complexity index is 1510. The summed E-state index contributed by atoms with van der Waals surface area (Å²) in [5.74, 6) is 0.106. The van der Waals surface area contributed by atoms with Crippen molar-refractivity contribution in [2.75, 3.05) is 10.6 Å². The lowest BCUT2D eigenvalue weighted by atomic mass is 10.1. The smallest absolute Gasteiger partial charge is 0.255 e. The molecule has 0 saturated heterocycles. The fourth-order valence-corrected chi connectivity index (χ4v) is 3.99. The molecule has 1 aliphatic rings. The third-order valence-electron chi connectivity index (χ3n) is 5.97. The highest BCUT2D eigenvalue weighted by Crippen LogP contribution is 2.30. The summed E-state index contributed by atoms with van der Waals surface area (Å²) in [4.78, 5) is 27.8. The number of hydrogen-bond acceptors (Lipinski definition) is 3. The lowest BCUT2D eigenvalue weighted by Gasteiger charge is -2.08. The normalized spacial score (nSPS) is 13.3. The van der Waals surface area contributed by atoms with Crippen LogP contribution in [0.2, 0.25) is 0 Å². The Morgan fingerprint density at radius 3 is 2.52 bits per heavy atom. The van der Waals surface area contributed by atoms with Crippen LogP contribution >= 0.6 is 0 Å². The summed E-state index contributed by atoms with van der Waals surface area (Å²) in [5.41, 5.74) is 4.92. The van der Waals surface area contributed by atoms with E-state index in [9.17, 15) is 9.59 Å². The van der Waals surface area contributed by atoms with Gasteiger partial charge in [-0.25, -0.2) is 4.68 Å². The molecule has 2 amide bonds. The zero-order valence-electron chi connectivity index (χ0n) is 17.7. The average molecular weight is 435 g/mol. The molecule has 5 aromatic rings. The Balaban J connectivity index is 1.21. The van der Waals surface area contributed by atoms with Gasteiger partial charge in [-0.15, -0.1) is 0 Å². The molecule has 0 atom stereocenters. The van der Waals surface area contributed by atoms with Crippen molar-refractivity contribution in [1.82, 2.24) is 14.8 Å². The Morgan fingerprint density at radius 1 is 0.879 bits per heavy atom. The molecule has 7 heteroatoms. The van der Waals surface area contributed by atoms with Gasteiger partial charge in [0.1, 0.15) is 0 Å². The molecule has 162 valence electrons. The molecule has 2 heterocycles. The number of nitrogens with zero attached hydrogens (tertiary/aromatic N) is 2. The molecule has 1 fully saturated rings. The lowest BCUT2D eigenvalue weighted by molar-refractivity contribution is -0.117. The molecule has 0 radical (unpaired) electrons. The van der Waals surface area contributed by atoms with E-state index in [1.54, 1.807) is 6.20 Å². The summed E-state index contributed by atoms with van der Waals surface area (Å²) in [7, 11) is 0. The van der Waals surface area contributed by atoms with Crippen molar-refractivity contribution in [2.45, 2.75) is 12.8 Å². The van der Waals surface area contributed by atoms with E-state index in [2.05, 4.69) is 20.7 Å². The number of benzene rings is 3. The molecule has 2 aromatic heterocycles. The first-order valence-corrected chi connectivity index (χ1v) is 10.9. The van der Waals surface area contributed by atoms with E-state index < -0.39 is 0 Å². The average Bonchev–Trinajstić information content (AvgIpc) is 3.44.